The topological polar surface area (TPSA) is 85.5 Å². The van der Waals surface area contributed by atoms with Gasteiger partial charge in [-0.1, -0.05) is 23.9 Å². The highest BCUT2D eigenvalue weighted by molar-refractivity contribution is 8.16. The first-order valence-electron chi connectivity index (χ1n) is 6.98. The molecule has 1 heterocycles. The lowest BCUT2D eigenvalue weighted by Crippen LogP contribution is -2.50. The molecule has 1 saturated heterocycles. The first-order valence-corrected chi connectivity index (χ1v) is 7.80. The molecule has 2 atom stereocenters. The lowest BCUT2D eigenvalue weighted by Gasteiger charge is -2.32. The van der Waals surface area contributed by atoms with Crippen molar-refractivity contribution in [3.8, 4) is 6.07 Å². The van der Waals surface area contributed by atoms with E-state index in [1.165, 1.54) is 11.8 Å². The number of carbonyl (C=O) groups is 1. The molecule has 0 radical (unpaired) electrons. The van der Waals surface area contributed by atoms with Crippen LogP contribution in [0.2, 0.25) is 0 Å². The van der Waals surface area contributed by atoms with E-state index in [4.69, 9.17) is 5.26 Å². The number of thioether (sulfide) groups is 1. The summed E-state index contributed by atoms with van der Waals surface area (Å²) in [6, 6.07) is 9.11. The van der Waals surface area contributed by atoms with Gasteiger partial charge in [-0.25, -0.2) is 0 Å². The quantitative estimate of drug-likeness (QED) is 0.896. The lowest BCUT2D eigenvalue weighted by molar-refractivity contribution is -0.126. The molecule has 1 amide bonds. The number of amides is 1. The Kier molecular flexibility index (Phi) is 4.32. The Morgan fingerprint density at radius 1 is 1.41 bits per heavy atom. The second-order valence-electron chi connectivity index (χ2n) is 5.99. The van der Waals surface area contributed by atoms with Gasteiger partial charge in [-0.2, -0.15) is 5.26 Å². The Morgan fingerprint density at radius 2 is 2.00 bits per heavy atom. The number of nitrogens with zero attached hydrogens (tertiary/aromatic N) is 2. The fraction of sp³-hybridized carbons (Fsp3) is 0.438. The fourth-order valence-corrected chi connectivity index (χ4v) is 3.16. The zero-order valence-electron chi connectivity index (χ0n) is 13.0. The predicted molar refractivity (Wildman–Crippen MR) is 87.4 cm³/mol. The van der Waals surface area contributed by atoms with Crippen molar-refractivity contribution in [2.75, 3.05) is 0 Å². The van der Waals surface area contributed by atoms with Gasteiger partial charge < -0.3 is 10.4 Å². The van der Waals surface area contributed by atoms with Crippen LogP contribution in [0.3, 0.4) is 0 Å². The number of carbonyl (C=O) groups excluding carboxylic acids is 1. The SMILES string of the molecule is C[C@H](N=C1NC(=O)C(C)(C(C)(C)O)S1)c1ccc(C#N)cc1. The number of nitrogens with one attached hydrogen (secondary N) is 1. The maximum atomic E-state index is 12.1. The van der Waals surface area contributed by atoms with Gasteiger partial charge in [-0.05, 0) is 45.4 Å². The van der Waals surface area contributed by atoms with Crippen LogP contribution in [0.15, 0.2) is 29.3 Å². The fourth-order valence-electron chi connectivity index (χ4n) is 2.03. The number of nitriles is 1. The first kappa shape index (κ1) is 16.5. The van der Waals surface area contributed by atoms with Crippen molar-refractivity contribution in [2.45, 2.75) is 44.1 Å². The normalized spacial score (nSPS) is 24.9. The van der Waals surface area contributed by atoms with Crippen molar-refractivity contribution >= 4 is 22.8 Å². The third-order valence-electron chi connectivity index (χ3n) is 3.96. The molecule has 1 unspecified atom stereocenters. The molecule has 1 aromatic rings. The van der Waals surface area contributed by atoms with Crippen LogP contribution in [0.25, 0.3) is 0 Å². The Hall–Kier alpha value is -1.84. The van der Waals surface area contributed by atoms with Crippen molar-refractivity contribution in [1.82, 2.24) is 5.32 Å². The highest BCUT2D eigenvalue weighted by Gasteiger charge is 2.52. The van der Waals surface area contributed by atoms with Gasteiger partial charge in [0.25, 0.3) is 0 Å². The second kappa shape index (κ2) is 5.75. The Balaban J connectivity index is 2.20. The molecular formula is C16H19N3O2S. The second-order valence-corrected chi connectivity index (χ2v) is 7.40. The molecule has 1 aliphatic heterocycles. The minimum atomic E-state index is -1.16. The molecule has 0 spiro atoms. The Labute approximate surface area is 134 Å². The summed E-state index contributed by atoms with van der Waals surface area (Å²) in [5.41, 5.74) is 0.399. The van der Waals surface area contributed by atoms with E-state index >= 15 is 0 Å². The number of aliphatic imine (C=N–C) groups is 1. The summed E-state index contributed by atoms with van der Waals surface area (Å²) in [5, 5.41) is 22.3. The Bertz CT molecular complexity index is 655. The van der Waals surface area contributed by atoms with Crippen molar-refractivity contribution in [1.29, 1.82) is 5.26 Å². The maximum absolute atomic E-state index is 12.1. The third-order valence-corrected chi connectivity index (χ3v) is 5.45. The van der Waals surface area contributed by atoms with E-state index in [-0.39, 0.29) is 11.9 Å². The van der Waals surface area contributed by atoms with Crippen molar-refractivity contribution in [3.05, 3.63) is 35.4 Å². The summed E-state index contributed by atoms with van der Waals surface area (Å²) in [7, 11) is 0. The standard InChI is InChI=1S/C16H19N3O2S/c1-10(12-7-5-11(9-17)6-8-12)18-14-19-13(20)16(4,22-14)15(2,3)21/h5-8,10,21H,1-4H3,(H,18,19,20)/t10-,16?/m0/s1. The molecule has 22 heavy (non-hydrogen) atoms. The molecule has 0 bridgehead atoms. The molecule has 6 heteroatoms. The molecule has 1 aromatic carbocycles. The molecule has 1 aliphatic rings. The van der Waals surface area contributed by atoms with E-state index in [2.05, 4.69) is 16.4 Å². The summed E-state index contributed by atoms with van der Waals surface area (Å²) < 4.78 is -0.962. The van der Waals surface area contributed by atoms with Crippen molar-refractivity contribution in [3.63, 3.8) is 0 Å². The summed E-state index contributed by atoms with van der Waals surface area (Å²) >= 11 is 1.25. The van der Waals surface area contributed by atoms with Gasteiger partial charge in [0.2, 0.25) is 5.91 Å². The van der Waals surface area contributed by atoms with E-state index in [1.807, 2.05) is 19.1 Å². The minimum absolute atomic E-state index is 0.153. The average molecular weight is 317 g/mol. The minimum Gasteiger partial charge on any atom is -0.388 e. The molecule has 0 aromatic heterocycles. The number of benzene rings is 1. The number of hydrogen-bond donors (Lipinski definition) is 2. The maximum Gasteiger partial charge on any atom is 0.245 e. The molecule has 0 aliphatic carbocycles. The highest BCUT2D eigenvalue weighted by Crippen LogP contribution is 2.41. The molecule has 2 N–H and O–H groups in total. The van der Waals surface area contributed by atoms with E-state index in [9.17, 15) is 9.90 Å². The molecule has 1 fully saturated rings. The summed E-state index contributed by atoms with van der Waals surface area (Å²) in [5.74, 6) is -0.240. The zero-order valence-corrected chi connectivity index (χ0v) is 13.9. The van der Waals surface area contributed by atoms with E-state index in [1.54, 1.807) is 32.9 Å². The van der Waals surface area contributed by atoms with Gasteiger partial charge in [-0.15, -0.1) is 0 Å². The summed E-state index contributed by atoms with van der Waals surface area (Å²) in [4.78, 5) is 16.7. The third kappa shape index (κ3) is 3.01. The van der Waals surface area contributed by atoms with Crippen LogP contribution in [0.1, 0.15) is 44.9 Å². The number of amidine groups is 1. The first-order chi connectivity index (χ1) is 10.2. The smallest absolute Gasteiger partial charge is 0.245 e. The van der Waals surface area contributed by atoms with Crippen LogP contribution in [-0.2, 0) is 4.79 Å². The number of rotatable bonds is 3. The van der Waals surface area contributed by atoms with Crippen LogP contribution >= 0.6 is 11.8 Å². The number of aliphatic hydroxyl groups is 1. The van der Waals surface area contributed by atoms with E-state index < -0.39 is 10.3 Å². The molecular weight excluding hydrogens is 298 g/mol. The van der Waals surface area contributed by atoms with Gasteiger partial charge in [0, 0.05) is 0 Å². The van der Waals surface area contributed by atoms with Crippen molar-refractivity contribution < 1.29 is 9.90 Å². The van der Waals surface area contributed by atoms with Gasteiger partial charge in [0.15, 0.2) is 5.17 Å². The van der Waals surface area contributed by atoms with Crippen LogP contribution in [0.5, 0.6) is 0 Å². The number of hydrogen-bond acceptors (Lipinski definition) is 5. The summed E-state index contributed by atoms with van der Waals surface area (Å²) in [6.07, 6.45) is 0. The van der Waals surface area contributed by atoms with E-state index in [0.29, 0.717) is 10.7 Å². The zero-order chi connectivity index (χ0) is 16.5. The average Bonchev–Trinajstić information content (AvgIpc) is 2.74. The van der Waals surface area contributed by atoms with Crippen LogP contribution in [-0.4, -0.2) is 26.5 Å². The predicted octanol–water partition coefficient (Wildman–Crippen LogP) is 2.37. The van der Waals surface area contributed by atoms with Crippen LogP contribution < -0.4 is 5.32 Å². The molecule has 116 valence electrons. The molecule has 5 nitrogen and oxygen atoms in total. The highest BCUT2D eigenvalue weighted by atomic mass is 32.2. The largest absolute Gasteiger partial charge is 0.388 e. The van der Waals surface area contributed by atoms with Crippen molar-refractivity contribution in [2.24, 2.45) is 4.99 Å². The van der Waals surface area contributed by atoms with Crippen LogP contribution in [0, 0.1) is 11.3 Å². The molecule has 0 saturated carbocycles. The van der Waals surface area contributed by atoms with Gasteiger partial charge >= 0.3 is 0 Å². The monoisotopic (exact) mass is 317 g/mol. The summed E-state index contributed by atoms with van der Waals surface area (Å²) in [6.45, 7) is 6.86. The molecule has 2 rings (SSSR count). The van der Waals surface area contributed by atoms with Crippen LogP contribution in [0.4, 0.5) is 0 Å². The van der Waals surface area contributed by atoms with Gasteiger partial charge in [-0.3, -0.25) is 9.79 Å². The van der Waals surface area contributed by atoms with Gasteiger partial charge in [0.1, 0.15) is 4.75 Å². The van der Waals surface area contributed by atoms with E-state index in [0.717, 1.165) is 5.56 Å². The lowest BCUT2D eigenvalue weighted by atomic mass is 9.91. The van der Waals surface area contributed by atoms with Gasteiger partial charge in [0.05, 0.1) is 23.3 Å². The Morgan fingerprint density at radius 3 is 2.45 bits per heavy atom.